The Bertz CT molecular complexity index is 1310. The number of ether oxygens (including phenoxy) is 1. The molecule has 9 heteroatoms. The van der Waals surface area contributed by atoms with E-state index in [9.17, 15) is 9.18 Å². The van der Waals surface area contributed by atoms with Crippen LogP contribution in [0.2, 0.25) is 0 Å². The Balaban J connectivity index is 1.71. The first-order chi connectivity index (χ1) is 16.8. The van der Waals surface area contributed by atoms with Gasteiger partial charge in [-0.2, -0.15) is 10.4 Å². The maximum atomic E-state index is 14.4. The van der Waals surface area contributed by atoms with Gasteiger partial charge in [-0.15, -0.1) is 0 Å². The van der Waals surface area contributed by atoms with Gasteiger partial charge >= 0.3 is 0 Å². The van der Waals surface area contributed by atoms with Crippen LogP contribution in [-0.2, 0) is 13.6 Å². The first kappa shape index (κ1) is 24.7. The van der Waals surface area contributed by atoms with Gasteiger partial charge in [-0.3, -0.25) is 14.4 Å². The molecule has 1 aliphatic rings. The van der Waals surface area contributed by atoms with Crippen LogP contribution in [0.15, 0.2) is 35.3 Å². The maximum absolute atomic E-state index is 14.4. The average molecular weight is 481 g/mol. The number of halogens is 1. The fourth-order valence-electron chi connectivity index (χ4n) is 5.20. The van der Waals surface area contributed by atoms with Crippen molar-refractivity contribution in [3.8, 4) is 11.8 Å². The summed E-state index contributed by atoms with van der Waals surface area (Å²) >= 11 is 0. The molecular weight excluding hydrogens is 447 g/mol. The zero-order valence-corrected chi connectivity index (χ0v) is 21.0. The Labute approximate surface area is 205 Å². The monoisotopic (exact) mass is 480 g/mol. The van der Waals surface area contributed by atoms with Crippen LogP contribution in [0.5, 0.6) is 5.75 Å². The lowest BCUT2D eigenvalue weighted by molar-refractivity contribution is 0.101. The Morgan fingerprint density at radius 1 is 1.23 bits per heavy atom. The van der Waals surface area contributed by atoms with Gasteiger partial charge in [0.25, 0.3) is 5.56 Å². The lowest BCUT2D eigenvalue weighted by Gasteiger charge is -2.49. The quantitative estimate of drug-likeness (QED) is 0.511. The minimum absolute atomic E-state index is 0.0232. The zero-order valence-electron chi connectivity index (χ0n) is 21.0. The van der Waals surface area contributed by atoms with Gasteiger partial charge in [0.1, 0.15) is 12.1 Å². The van der Waals surface area contributed by atoms with Crippen LogP contribution in [0.3, 0.4) is 0 Å². The Hall–Kier alpha value is -3.38. The van der Waals surface area contributed by atoms with Gasteiger partial charge in [-0.1, -0.05) is 19.9 Å². The number of nitrogens with zero attached hydrogens (tertiary/aromatic N) is 6. The number of rotatable bonds is 7. The van der Waals surface area contributed by atoms with E-state index in [-0.39, 0.29) is 41.8 Å². The number of aromatic nitrogens is 3. The first-order valence-corrected chi connectivity index (χ1v) is 12.1. The summed E-state index contributed by atoms with van der Waals surface area (Å²) in [4.78, 5) is 17.6. The molecule has 4 rings (SSSR count). The molecular formula is C26H33FN6O2. The predicted octanol–water partition coefficient (Wildman–Crippen LogP) is 3.85. The van der Waals surface area contributed by atoms with Crippen molar-refractivity contribution in [2.45, 2.75) is 58.3 Å². The number of nitriles is 1. The number of piperazine rings is 1. The summed E-state index contributed by atoms with van der Waals surface area (Å²) in [6.45, 7) is 8.05. The molecule has 35 heavy (non-hydrogen) atoms. The molecule has 1 fully saturated rings. The van der Waals surface area contributed by atoms with Crippen molar-refractivity contribution in [3.05, 3.63) is 52.2 Å². The van der Waals surface area contributed by atoms with E-state index in [0.717, 1.165) is 48.2 Å². The summed E-state index contributed by atoms with van der Waals surface area (Å²) in [5.41, 5.74) is 3.07. The number of hydrogen-bond acceptors (Lipinski definition) is 6. The molecule has 0 amide bonds. The molecule has 0 N–H and O–H groups in total. The van der Waals surface area contributed by atoms with Gasteiger partial charge in [-0.25, -0.2) is 4.39 Å². The number of hydrogen-bond donors (Lipinski definition) is 0. The smallest absolute Gasteiger partial charge is 0.252 e. The van der Waals surface area contributed by atoms with Gasteiger partial charge in [0.2, 0.25) is 0 Å². The average Bonchev–Trinajstić information content (AvgIpc) is 3.29. The molecule has 0 aliphatic carbocycles. The van der Waals surface area contributed by atoms with Crippen LogP contribution in [0.4, 0.5) is 10.1 Å². The molecule has 1 saturated heterocycles. The minimum atomic E-state index is -0.356. The van der Waals surface area contributed by atoms with E-state index in [0.29, 0.717) is 0 Å². The second kappa shape index (κ2) is 10.1. The van der Waals surface area contributed by atoms with E-state index in [1.165, 1.54) is 7.11 Å². The second-order valence-corrected chi connectivity index (χ2v) is 9.19. The highest BCUT2D eigenvalue weighted by molar-refractivity contribution is 5.88. The largest absolute Gasteiger partial charge is 0.494 e. The molecule has 3 atom stereocenters. The minimum Gasteiger partial charge on any atom is -0.494 e. The van der Waals surface area contributed by atoms with Gasteiger partial charge < -0.3 is 14.2 Å². The highest BCUT2D eigenvalue weighted by Gasteiger charge is 2.36. The van der Waals surface area contributed by atoms with Gasteiger partial charge in [-0.05, 0) is 37.5 Å². The molecule has 0 bridgehead atoms. The molecule has 2 aromatic heterocycles. The van der Waals surface area contributed by atoms with E-state index < -0.39 is 0 Å². The molecule has 1 aromatic carbocycles. The van der Waals surface area contributed by atoms with E-state index >= 15 is 0 Å². The van der Waals surface area contributed by atoms with Crippen molar-refractivity contribution in [2.24, 2.45) is 7.05 Å². The van der Waals surface area contributed by atoms with Gasteiger partial charge in [0.15, 0.2) is 11.6 Å². The lowest BCUT2D eigenvalue weighted by atomic mass is 9.96. The van der Waals surface area contributed by atoms with Crippen LogP contribution < -0.4 is 15.2 Å². The Morgan fingerprint density at radius 2 is 1.97 bits per heavy atom. The molecule has 0 radical (unpaired) electrons. The van der Waals surface area contributed by atoms with Crippen molar-refractivity contribution in [3.63, 3.8) is 0 Å². The van der Waals surface area contributed by atoms with Crippen molar-refractivity contribution >= 4 is 16.7 Å². The van der Waals surface area contributed by atoms with E-state index in [1.807, 2.05) is 6.07 Å². The highest BCUT2D eigenvalue weighted by atomic mass is 19.1. The Morgan fingerprint density at radius 3 is 2.60 bits per heavy atom. The summed E-state index contributed by atoms with van der Waals surface area (Å²) in [6, 6.07) is 9.34. The van der Waals surface area contributed by atoms with Crippen molar-refractivity contribution in [1.82, 2.24) is 19.2 Å². The third kappa shape index (κ3) is 4.50. The molecule has 8 nitrogen and oxygen atoms in total. The third-order valence-electron chi connectivity index (χ3n) is 7.32. The van der Waals surface area contributed by atoms with Gasteiger partial charge in [0, 0.05) is 44.3 Å². The molecule has 0 saturated carbocycles. The standard InChI is InChI=1S/C26H33FN6O2/c1-6-19-15-33(22-13-25(34)30(4)23-16-31(11-10-28)29-26(22)23)20(7-2)14-32(19)17(3)18-8-9-24(35-5)21(27)12-18/h8-9,12-13,16-17,19-20H,6-7,11,14-15H2,1-5H3/t17?,19-,20+/m1/s1. The van der Waals surface area contributed by atoms with E-state index in [2.05, 4.69) is 41.7 Å². The van der Waals surface area contributed by atoms with Crippen LogP contribution in [0.25, 0.3) is 11.0 Å². The van der Waals surface area contributed by atoms with Crippen LogP contribution in [-0.4, -0.2) is 51.5 Å². The summed E-state index contributed by atoms with van der Waals surface area (Å²) in [5, 5.41) is 13.8. The fourth-order valence-corrected chi connectivity index (χ4v) is 5.20. The number of benzene rings is 1. The molecule has 1 unspecified atom stereocenters. The molecule has 3 aromatic rings. The summed E-state index contributed by atoms with van der Waals surface area (Å²) in [6.07, 6.45) is 3.55. The topological polar surface area (TPSA) is 79.3 Å². The molecule has 186 valence electrons. The van der Waals surface area contributed by atoms with Crippen molar-refractivity contribution in [2.75, 3.05) is 25.1 Å². The summed E-state index contributed by atoms with van der Waals surface area (Å²) in [5.74, 6) is -0.110. The van der Waals surface area contributed by atoms with Gasteiger partial charge in [0.05, 0.1) is 30.6 Å². The Kier molecular flexibility index (Phi) is 7.13. The summed E-state index contributed by atoms with van der Waals surface area (Å²) < 4.78 is 22.7. The van der Waals surface area contributed by atoms with Crippen LogP contribution in [0.1, 0.15) is 45.2 Å². The molecule has 0 spiro atoms. The zero-order chi connectivity index (χ0) is 25.3. The number of fused-ring (bicyclic) bond motifs is 1. The maximum Gasteiger partial charge on any atom is 0.252 e. The van der Waals surface area contributed by atoms with Crippen LogP contribution >= 0.6 is 0 Å². The molecule has 1 aliphatic heterocycles. The highest BCUT2D eigenvalue weighted by Crippen LogP contribution is 2.35. The van der Waals surface area contributed by atoms with Crippen molar-refractivity contribution < 1.29 is 9.13 Å². The third-order valence-corrected chi connectivity index (χ3v) is 7.32. The molecule has 3 heterocycles. The SMILES string of the molecule is CC[C@H]1CN(C(C)c2ccc(OC)c(F)c2)[C@H](CC)CN1c1cc(=O)n(C)c2cn(CC#N)nc12. The second-order valence-electron chi connectivity index (χ2n) is 9.19. The number of aryl methyl sites for hydroxylation is 1. The number of anilines is 1. The van der Waals surface area contributed by atoms with E-state index in [1.54, 1.807) is 40.7 Å². The number of methoxy groups -OCH3 is 1. The predicted molar refractivity (Wildman–Crippen MR) is 134 cm³/mol. The number of pyridine rings is 1. The summed E-state index contributed by atoms with van der Waals surface area (Å²) in [7, 11) is 3.20. The van der Waals surface area contributed by atoms with E-state index in [4.69, 9.17) is 10.00 Å². The normalized spacial score (nSPS) is 19.6. The lowest BCUT2D eigenvalue weighted by Crippen LogP contribution is -2.58. The van der Waals surface area contributed by atoms with Crippen LogP contribution in [0, 0.1) is 17.1 Å². The first-order valence-electron chi connectivity index (χ1n) is 12.1. The fraction of sp³-hybridized carbons (Fsp3) is 0.500. The van der Waals surface area contributed by atoms with Crippen molar-refractivity contribution in [1.29, 1.82) is 5.26 Å².